The number of hydrogen-bond donors (Lipinski definition) is 0. The minimum absolute atomic E-state index is 0.0170. The van der Waals surface area contributed by atoms with Crippen molar-refractivity contribution in [1.82, 2.24) is 4.31 Å². The molecule has 0 heterocycles. The number of benzene rings is 3. The van der Waals surface area contributed by atoms with E-state index in [2.05, 4.69) is 0 Å². The molecule has 0 saturated carbocycles. The summed E-state index contributed by atoms with van der Waals surface area (Å²) in [4.78, 5) is 0.537. The zero-order valence-electron chi connectivity index (χ0n) is 22.5. The maximum absolute atomic E-state index is 13.8. The second-order valence-corrected chi connectivity index (χ2v) is 13.2. The van der Waals surface area contributed by atoms with Crippen LogP contribution in [0.15, 0.2) is 64.4 Å². The average molecular weight is 544 g/mol. The monoisotopic (exact) mass is 543 g/mol. The number of unbranched alkanes of at least 4 members (excludes halogenated alkanes) is 1. The smallest absolute Gasteiger partial charge is 0.266 e. The Morgan fingerprint density at radius 2 is 1.16 bits per heavy atom. The Morgan fingerprint density at radius 1 is 0.676 bits per heavy atom. The molecular weight excluding hydrogens is 506 g/mol. The summed E-state index contributed by atoms with van der Waals surface area (Å²) in [7, 11) is -7.68. The third-order valence-corrected chi connectivity index (χ3v) is 10.1. The lowest BCUT2D eigenvalue weighted by Crippen LogP contribution is -2.33. The van der Waals surface area contributed by atoms with Gasteiger partial charge in [-0.2, -0.15) is 12.7 Å². The molecule has 0 amide bonds. The van der Waals surface area contributed by atoms with Crippen molar-refractivity contribution in [3.63, 3.8) is 0 Å². The number of aryl methyl sites for hydroxylation is 6. The number of sulfonamides is 1. The predicted octanol–water partition coefficient (Wildman–Crippen LogP) is 5.91. The Labute approximate surface area is 222 Å². The van der Waals surface area contributed by atoms with Crippen molar-refractivity contribution in [3.8, 4) is 0 Å². The Kier molecular flexibility index (Phi) is 9.34. The van der Waals surface area contributed by atoms with Gasteiger partial charge in [0.15, 0.2) is 0 Å². The van der Waals surface area contributed by atoms with Crippen molar-refractivity contribution >= 4 is 20.1 Å². The van der Waals surface area contributed by atoms with Crippen LogP contribution in [-0.4, -0.2) is 34.3 Å². The van der Waals surface area contributed by atoms with Crippen molar-refractivity contribution in [2.45, 2.75) is 70.7 Å². The Morgan fingerprint density at radius 3 is 1.68 bits per heavy atom. The first-order valence-corrected chi connectivity index (χ1v) is 15.3. The molecule has 3 aromatic rings. The van der Waals surface area contributed by atoms with Crippen molar-refractivity contribution in [1.29, 1.82) is 0 Å². The molecule has 3 aromatic carbocycles. The summed E-state index contributed by atoms with van der Waals surface area (Å²) >= 11 is 0. The molecule has 0 atom stereocenters. The van der Waals surface area contributed by atoms with Gasteiger partial charge >= 0.3 is 0 Å². The van der Waals surface area contributed by atoms with Gasteiger partial charge in [0, 0.05) is 13.1 Å². The molecule has 37 heavy (non-hydrogen) atoms. The van der Waals surface area contributed by atoms with Gasteiger partial charge in [-0.15, -0.1) is 0 Å². The molecule has 0 spiro atoms. The van der Waals surface area contributed by atoms with Gasteiger partial charge in [-0.3, -0.25) is 4.18 Å². The van der Waals surface area contributed by atoms with E-state index in [1.807, 2.05) is 82.3 Å². The van der Waals surface area contributed by atoms with Crippen molar-refractivity contribution in [2.75, 3.05) is 13.2 Å². The lowest BCUT2D eigenvalue weighted by Gasteiger charge is -2.24. The Hall–Kier alpha value is -2.52. The molecule has 6 nitrogen and oxygen atoms in total. The van der Waals surface area contributed by atoms with Crippen LogP contribution in [0.1, 0.15) is 51.8 Å². The molecule has 0 N–H and O–H groups in total. The number of hydrogen-bond acceptors (Lipinski definition) is 5. The fourth-order valence-electron chi connectivity index (χ4n) is 4.95. The summed E-state index contributed by atoms with van der Waals surface area (Å²) in [6, 6.07) is 16.9. The van der Waals surface area contributed by atoms with Crippen molar-refractivity contribution in [2.24, 2.45) is 0 Å². The fraction of sp³-hybridized carbons (Fsp3) is 0.379. The summed E-state index contributed by atoms with van der Waals surface area (Å²) in [5.41, 5.74) is 5.64. The predicted molar refractivity (Wildman–Crippen MR) is 148 cm³/mol. The zero-order chi connectivity index (χ0) is 27.4. The van der Waals surface area contributed by atoms with E-state index in [1.165, 1.54) is 4.31 Å². The molecule has 0 aliphatic heterocycles. The summed E-state index contributed by atoms with van der Waals surface area (Å²) in [6.45, 7) is 11.5. The Bertz CT molecular complexity index is 1420. The fourth-order valence-corrected chi connectivity index (χ4v) is 8.19. The van der Waals surface area contributed by atoms with Gasteiger partial charge in [0.25, 0.3) is 10.1 Å². The summed E-state index contributed by atoms with van der Waals surface area (Å²) in [5.74, 6) is 0. The van der Waals surface area contributed by atoms with Gasteiger partial charge in [-0.25, -0.2) is 8.42 Å². The van der Waals surface area contributed by atoms with Gasteiger partial charge in [-0.1, -0.05) is 65.7 Å². The van der Waals surface area contributed by atoms with Crippen LogP contribution in [-0.2, 0) is 30.9 Å². The van der Waals surface area contributed by atoms with Crippen LogP contribution in [0, 0.1) is 41.5 Å². The highest BCUT2D eigenvalue weighted by Crippen LogP contribution is 2.27. The average Bonchev–Trinajstić information content (AvgIpc) is 2.76. The van der Waals surface area contributed by atoms with E-state index < -0.39 is 20.1 Å². The van der Waals surface area contributed by atoms with E-state index in [9.17, 15) is 16.8 Å². The van der Waals surface area contributed by atoms with Crippen LogP contribution in [0.4, 0.5) is 0 Å². The molecule has 0 bridgehead atoms. The molecule has 200 valence electrons. The van der Waals surface area contributed by atoms with Gasteiger partial charge in [-0.05, 0) is 82.2 Å². The minimum Gasteiger partial charge on any atom is -0.266 e. The van der Waals surface area contributed by atoms with E-state index in [1.54, 1.807) is 13.8 Å². The van der Waals surface area contributed by atoms with Crippen molar-refractivity contribution in [3.05, 3.63) is 93.5 Å². The zero-order valence-corrected chi connectivity index (χ0v) is 24.2. The van der Waals surface area contributed by atoms with E-state index in [0.717, 1.165) is 16.7 Å². The molecule has 0 aromatic heterocycles. The molecule has 3 rings (SSSR count). The molecule has 0 aliphatic carbocycles. The SMILES string of the molecule is Cc1cc(C)c(S(=O)(=O)OCCCCN(Cc2ccccc2)S(=O)(=O)c2c(C)cc(C)cc2C)c(C)c1. The standard InChI is InChI=1S/C29H37NO5S2/c1-21-16-23(3)28(24(4)17-21)36(31,32)30(20-27-12-8-7-9-13-27)14-10-11-15-35-37(33,34)29-25(5)18-22(2)19-26(29)6/h7-9,12-13,16-19H,10-11,14-15,20H2,1-6H3. The number of nitrogens with zero attached hydrogens (tertiary/aromatic N) is 1. The highest BCUT2D eigenvalue weighted by Gasteiger charge is 2.28. The van der Waals surface area contributed by atoms with Crippen molar-refractivity contribution < 1.29 is 21.0 Å². The van der Waals surface area contributed by atoms with Gasteiger partial charge in [0.2, 0.25) is 10.0 Å². The van der Waals surface area contributed by atoms with Crippen LogP contribution in [0.25, 0.3) is 0 Å². The van der Waals surface area contributed by atoms with Crippen LogP contribution in [0.3, 0.4) is 0 Å². The first-order valence-electron chi connectivity index (χ1n) is 12.4. The van der Waals surface area contributed by atoms with Gasteiger partial charge in [0.05, 0.1) is 16.4 Å². The molecule has 0 saturated heterocycles. The molecule has 0 unspecified atom stereocenters. The van der Waals surface area contributed by atoms with Crippen LogP contribution >= 0.6 is 0 Å². The topological polar surface area (TPSA) is 80.8 Å². The lowest BCUT2D eigenvalue weighted by molar-refractivity contribution is 0.297. The Balaban J connectivity index is 1.74. The van der Waals surface area contributed by atoms with Crippen LogP contribution < -0.4 is 0 Å². The van der Waals surface area contributed by atoms with E-state index in [4.69, 9.17) is 4.18 Å². The lowest BCUT2D eigenvalue weighted by atomic mass is 10.1. The van der Waals surface area contributed by atoms with Crippen LogP contribution in [0.2, 0.25) is 0 Å². The van der Waals surface area contributed by atoms with E-state index >= 15 is 0 Å². The number of rotatable bonds is 11. The summed E-state index contributed by atoms with van der Waals surface area (Å²) in [6.07, 6.45) is 0.854. The van der Waals surface area contributed by atoms with Gasteiger partial charge < -0.3 is 0 Å². The molecular formula is C29H37NO5S2. The second-order valence-electron chi connectivity index (χ2n) is 9.76. The quantitative estimate of drug-likeness (QED) is 0.222. The van der Waals surface area contributed by atoms with Crippen LogP contribution in [0.5, 0.6) is 0 Å². The third kappa shape index (κ3) is 7.08. The van der Waals surface area contributed by atoms with Gasteiger partial charge in [0.1, 0.15) is 0 Å². The van der Waals surface area contributed by atoms with E-state index in [-0.39, 0.29) is 24.6 Å². The first kappa shape index (κ1) is 29.0. The molecule has 0 radical (unpaired) electrons. The maximum atomic E-state index is 13.8. The summed E-state index contributed by atoms with van der Waals surface area (Å²) < 4.78 is 60.1. The first-order chi connectivity index (χ1) is 17.3. The largest absolute Gasteiger partial charge is 0.297 e. The molecule has 0 aliphatic rings. The summed E-state index contributed by atoms with van der Waals surface area (Å²) in [5, 5.41) is 0. The highest BCUT2D eigenvalue weighted by molar-refractivity contribution is 7.89. The highest BCUT2D eigenvalue weighted by atomic mass is 32.2. The third-order valence-electron chi connectivity index (χ3n) is 6.30. The molecule has 8 heteroatoms. The minimum atomic E-state index is -3.91. The maximum Gasteiger partial charge on any atom is 0.297 e. The van der Waals surface area contributed by atoms with E-state index in [0.29, 0.717) is 40.0 Å². The molecule has 0 fully saturated rings. The second kappa shape index (κ2) is 11.9. The normalized spacial score (nSPS) is 12.3.